The van der Waals surface area contributed by atoms with Gasteiger partial charge in [-0.15, -0.1) is 0 Å². The maximum absolute atomic E-state index is 12.7. The first-order valence-electron chi connectivity index (χ1n) is 5.37. The van der Waals surface area contributed by atoms with Crippen LogP contribution in [0.1, 0.15) is 18.4 Å². The number of nitrogens with two attached hydrogens (primary N) is 1. The summed E-state index contributed by atoms with van der Waals surface area (Å²) in [4.78, 5) is 0. The Labute approximate surface area is 105 Å². The number of hydrogen-bond acceptors (Lipinski definition) is 2. The second kappa shape index (κ2) is 5.58. The van der Waals surface area contributed by atoms with E-state index in [0.29, 0.717) is 0 Å². The quantitative estimate of drug-likeness (QED) is 0.498. The van der Waals surface area contributed by atoms with E-state index in [2.05, 4.69) is 5.32 Å². The van der Waals surface area contributed by atoms with Crippen molar-refractivity contribution in [3.05, 3.63) is 23.8 Å². The average Bonchev–Trinajstić information content (AvgIpc) is 2.23. The largest absolute Gasteiger partial charge is 0.418 e. The van der Waals surface area contributed by atoms with E-state index in [1.54, 1.807) is 0 Å². The number of nitrogens with one attached hydrogen (secondary N) is 1. The molecule has 1 aromatic carbocycles. The minimum absolute atomic E-state index is 0.0619. The van der Waals surface area contributed by atoms with E-state index in [1.165, 1.54) is 6.07 Å². The van der Waals surface area contributed by atoms with E-state index in [1.807, 2.05) is 0 Å². The molecule has 0 spiro atoms. The summed E-state index contributed by atoms with van der Waals surface area (Å²) in [5, 5.41) is 2.34. The molecule has 108 valence electrons. The van der Waals surface area contributed by atoms with E-state index >= 15 is 0 Å². The summed E-state index contributed by atoms with van der Waals surface area (Å²) in [7, 11) is 0. The molecule has 0 aliphatic heterocycles. The summed E-state index contributed by atoms with van der Waals surface area (Å²) in [6, 6.07) is 3.10. The second-order valence-corrected chi connectivity index (χ2v) is 3.95. The zero-order valence-electron chi connectivity index (χ0n) is 9.70. The Morgan fingerprint density at radius 3 is 2.21 bits per heavy atom. The van der Waals surface area contributed by atoms with Crippen molar-refractivity contribution in [1.82, 2.24) is 0 Å². The van der Waals surface area contributed by atoms with Crippen LogP contribution in [0.4, 0.5) is 37.7 Å². The van der Waals surface area contributed by atoms with E-state index in [-0.39, 0.29) is 24.3 Å². The van der Waals surface area contributed by atoms with Crippen LogP contribution in [-0.4, -0.2) is 12.7 Å². The molecule has 0 aliphatic rings. The molecule has 0 heterocycles. The molecule has 0 bridgehead atoms. The highest BCUT2D eigenvalue weighted by molar-refractivity contribution is 5.59. The molecule has 19 heavy (non-hydrogen) atoms. The molecule has 1 rings (SSSR count). The summed E-state index contributed by atoms with van der Waals surface area (Å²) in [5.41, 5.74) is 3.94. The number of anilines is 2. The van der Waals surface area contributed by atoms with Gasteiger partial charge in [-0.25, -0.2) is 0 Å². The fourth-order valence-corrected chi connectivity index (χ4v) is 1.46. The number of nitrogen functional groups attached to an aromatic ring is 1. The van der Waals surface area contributed by atoms with E-state index < -0.39 is 24.3 Å². The highest BCUT2D eigenvalue weighted by atomic mass is 19.4. The zero-order chi connectivity index (χ0) is 14.7. The fourth-order valence-electron chi connectivity index (χ4n) is 1.46. The molecule has 0 unspecified atom stereocenters. The van der Waals surface area contributed by atoms with Crippen LogP contribution in [0.25, 0.3) is 0 Å². The molecule has 8 heteroatoms. The van der Waals surface area contributed by atoms with Crippen molar-refractivity contribution >= 4 is 11.4 Å². The first-order chi connectivity index (χ1) is 8.59. The molecule has 2 nitrogen and oxygen atoms in total. The van der Waals surface area contributed by atoms with Crippen LogP contribution in [0.3, 0.4) is 0 Å². The molecule has 0 aliphatic carbocycles. The molecule has 0 atom stereocenters. The van der Waals surface area contributed by atoms with E-state index in [0.717, 1.165) is 12.1 Å². The maximum atomic E-state index is 12.7. The first-order valence-corrected chi connectivity index (χ1v) is 5.37. The topological polar surface area (TPSA) is 38.0 Å². The van der Waals surface area contributed by atoms with E-state index in [9.17, 15) is 26.3 Å². The Hall–Kier alpha value is -1.60. The monoisotopic (exact) mass is 286 g/mol. The van der Waals surface area contributed by atoms with Gasteiger partial charge in [0.25, 0.3) is 0 Å². The number of rotatable bonds is 4. The first kappa shape index (κ1) is 15.5. The van der Waals surface area contributed by atoms with Gasteiger partial charge >= 0.3 is 12.4 Å². The van der Waals surface area contributed by atoms with Gasteiger partial charge in [0.05, 0.1) is 5.56 Å². The van der Waals surface area contributed by atoms with Crippen molar-refractivity contribution in [2.45, 2.75) is 25.2 Å². The van der Waals surface area contributed by atoms with Crippen molar-refractivity contribution < 1.29 is 26.3 Å². The van der Waals surface area contributed by atoms with E-state index in [4.69, 9.17) is 5.73 Å². The zero-order valence-corrected chi connectivity index (χ0v) is 9.70. The molecular formula is C11H12F6N2. The standard InChI is InChI=1S/C11H12F6N2/c12-10(13,14)4-1-5-19-9-3-2-7(18)6-8(9)11(15,16)17/h2-3,6,19H,1,4-5,18H2. The second-order valence-electron chi connectivity index (χ2n) is 3.95. The predicted octanol–water partition coefficient (Wildman–Crippen LogP) is 4.04. The maximum Gasteiger partial charge on any atom is 0.418 e. The van der Waals surface area contributed by atoms with Crippen molar-refractivity contribution in [2.24, 2.45) is 0 Å². The Morgan fingerprint density at radius 1 is 1.05 bits per heavy atom. The summed E-state index contributed by atoms with van der Waals surface area (Å²) in [6.45, 7) is -0.202. The fraction of sp³-hybridized carbons (Fsp3) is 0.455. The van der Waals surface area contributed by atoms with Crippen LogP contribution in [0.2, 0.25) is 0 Å². The summed E-state index contributed by atoms with van der Waals surface area (Å²) >= 11 is 0. The molecule has 0 amide bonds. The molecule has 0 fully saturated rings. The minimum atomic E-state index is -4.61. The molecule has 0 radical (unpaired) electrons. The normalized spacial score (nSPS) is 12.5. The lowest BCUT2D eigenvalue weighted by molar-refractivity contribution is -0.137. The predicted molar refractivity (Wildman–Crippen MR) is 59.6 cm³/mol. The lowest BCUT2D eigenvalue weighted by atomic mass is 10.1. The van der Waals surface area contributed by atoms with Crippen LogP contribution in [0.15, 0.2) is 18.2 Å². The molecular weight excluding hydrogens is 274 g/mol. The third kappa shape index (κ3) is 5.27. The van der Waals surface area contributed by atoms with Crippen molar-refractivity contribution in [2.75, 3.05) is 17.6 Å². The SMILES string of the molecule is Nc1ccc(NCCCC(F)(F)F)c(C(F)(F)F)c1. The lowest BCUT2D eigenvalue weighted by Crippen LogP contribution is -2.14. The van der Waals surface area contributed by atoms with Crippen LogP contribution < -0.4 is 11.1 Å². The number of alkyl halides is 6. The van der Waals surface area contributed by atoms with Crippen LogP contribution in [0.5, 0.6) is 0 Å². The Bertz CT molecular complexity index is 424. The van der Waals surface area contributed by atoms with Gasteiger partial charge in [0.15, 0.2) is 0 Å². The van der Waals surface area contributed by atoms with Gasteiger partial charge in [-0.05, 0) is 24.6 Å². The number of hydrogen-bond donors (Lipinski definition) is 2. The van der Waals surface area contributed by atoms with Gasteiger partial charge in [-0.3, -0.25) is 0 Å². The smallest absolute Gasteiger partial charge is 0.399 e. The third-order valence-corrected chi connectivity index (χ3v) is 2.30. The van der Waals surface area contributed by atoms with Crippen LogP contribution >= 0.6 is 0 Å². The highest BCUT2D eigenvalue weighted by Gasteiger charge is 2.33. The molecule has 0 saturated heterocycles. The van der Waals surface area contributed by atoms with Gasteiger partial charge in [0.1, 0.15) is 0 Å². The molecule has 0 saturated carbocycles. The number of benzene rings is 1. The molecule has 3 N–H and O–H groups in total. The number of halogens is 6. The minimum Gasteiger partial charge on any atom is -0.399 e. The summed E-state index contributed by atoms with van der Waals surface area (Å²) in [5.74, 6) is 0. The van der Waals surface area contributed by atoms with Crippen molar-refractivity contribution in [3.8, 4) is 0 Å². The van der Waals surface area contributed by atoms with Crippen molar-refractivity contribution in [3.63, 3.8) is 0 Å². The van der Waals surface area contributed by atoms with Gasteiger partial charge in [-0.2, -0.15) is 26.3 Å². The Kier molecular flexibility index (Phi) is 4.54. The average molecular weight is 286 g/mol. The Balaban J connectivity index is 2.68. The van der Waals surface area contributed by atoms with Gasteiger partial charge in [0.2, 0.25) is 0 Å². The van der Waals surface area contributed by atoms with Gasteiger partial charge in [0, 0.05) is 24.3 Å². The van der Waals surface area contributed by atoms with Gasteiger partial charge in [-0.1, -0.05) is 0 Å². The van der Waals surface area contributed by atoms with Crippen LogP contribution in [-0.2, 0) is 6.18 Å². The molecule has 0 aromatic heterocycles. The third-order valence-electron chi connectivity index (χ3n) is 2.30. The highest BCUT2D eigenvalue weighted by Crippen LogP contribution is 2.36. The lowest BCUT2D eigenvalue weighted by Gasteiger charge is -2.15. The Morgan fingerprint density at radius 2 is 1.68 bits per heavy atom. The van der Waals surface area contributed by atoms with Crippen molar-refractivity contribution in [1.29, 1.82) is 0 Å². The molecule has 1 aromatic rings. The summed E-state index contributed by atoms with van der Waals surface area (Å²) < 4.78 is 73.6. The van der Waals surface area contributed by atoms with Gasteiger partial charge < -0.3 is 11.1 Å². The van der Waals surface area contributed by atoms with Crippen LogP contribution in [0, 0.1) is 0 Å². The summed E-state index contributed by atoms with van der Waals surface area (Å²) in [6.07, 6.45) is -10.3.